The molecule has 0 fully saturated rings. The van der Waals surface area contributed by atoms with Gasteiger partial charge in [-0.25, -0.2) is 0 Å². The van der Waals surface area contributed by atoms with Gasteiger partial charge < -0.3 is 5.73 Å². The molecule has 56 valence electrons. The fraction of sp³-hybridized carbons (Fsp3) is 0.333. The molecule has 4 nitrogen and oxygen atoms in total. The van der Waals surface area contributed by atoms with Crippen LogP contribution in [0.25, 0.3) is 0 Å². The highest BCUT2D eigenvalue weighted by Crippen LogP contribution is 1.86. The monoisotopic (exact) mass is 142 g/mol. The molecule has 0 atom stereocenters. The molecule has 0 aliphatic rings. The Morgan fingerprint density at radius 3 is 2.20 bits per heavy atom. The normalized spacial score (nSPS) is 10.8. The fourth-order valence-corrected chi connectivity index (χ4v) is 0.334. The molecule has 2 amide bonds. The minimum absolute atomic E-state index is 0.329. The van der Waals surface area contributed by atoms with Gasteiger partial charge in [0.05, 0.1) is 0 Å². The molecule has 0 saturated carbocycles. The van der Waals surface area contributed by atoms with Gasteiger partial charge in [-0.1, -0.05) is 0 Å². The molecule has 0 aromatic rings. The van der Waals surface area contributed by atoms with Crippen LogP contribution < -0.4 is 11.1 Å². The molecule has 0 aromatic heterocycles. The maximum Gasteiger partial charge on any atom is 0.254 e. The summed E-state index contributed by atoms with van der Waals surface area (Å²) >= 11 is 0. The maximum absolute atomic E-state index is 10.7. The fourth-order valence-electron chi connectivity index (χ4n) is 0.334. The molecule has 0 rings (SSSR count). The Bertz CT molecular complexity index is 184. The summed E-state index contributed by atoms with van der Waals surface area (Å²) in [4.78, 5) is 21.0. The van der Waals surface area contributed by atoms with Crippen LogP contribution in [-0.4, -0.2) is 11.8 Å². The van der Waals surface area contributed by atoms with E-state index in [2.05, 4.69) is 5.32 Å². The molecule has 0 saturated heterocycles. The van der Waals surface area contributed by atoms with Gasteiger partial charge in [-0.3, -0.25) is 14.9 Å². The zero-order valence-corrected chi connectivity index (χ0v) is 5.97. The summed E-state index contributed by atoms with van der Waals surface area (Å²) < 4.78 is 0. The minimum Gasteiger partial charge on any atom is -0.404 e. The maximum atomic E-state index is 10.7. The summed E-state index contributed by atoms with van der Waals surface area (Å²) in [6.07, 6.45) is 1.15. The van der Waals surface area contributed by atoms with Crippen LogP contribution in [0.1, 0.15) is 13.8 Å². The molecule has 0 bridgehead atoms. The van der Waals surface area contributed by atoms with Gasteiger partial charge in [-0.15, -0.1) is 0 Å². The van der Waals surface area contributed by atoms with Crippen LogP contribution in [0.5, 0.6) is 0 Å². The summed E-state index contributed by atoms with van der Waals surface area (Å²) in [5, 5.41) is 2.07. The molecule has 0 heterocycles. The lowest BCUT2D eigenvalue weighted by Gasteiger charge is -1.97. The van der Waals surface area contributed by atoms with Crippen molar-refractivity contribution in [2.45, 2.75) is 13.8 Å². The standard InChI is InChI=1S/C6H10N2O2/c1-4(3-7)6(10)8-5(2)9/h3H,7H2,1-2H3,(H,8,9,10)/b4-3-. The lowest BCUT2D eigenvalue weighted by atomic mass is 10.3. The second-order valence-electron chi connectivity index (χ2n) is 1.86. The Hall–Kier alpha value is -1.32. The lowest BCUT2D eigenvalue weighted by Crippen LogP contribution is -2.28. The van der Waals surface area contributed by atoms with Gasteiger partial charge >= 0.3 is 0 Å². The zero-order chi connectivity index (χ0) is 8.15. The highest BCUT2D eigenvalue weighted by atomic mass is 16.2. The van der Waals surface area contributed by atoms with E-state index in [-0.39, 0.29) is 5.91 Å². The van der Waals surface area contributed by atoms with E-state index in [0.29, 0.717) is 5.57 Å². The summed E-state index contributed by atoms with van der Waals surface area (Å²) in [6, 6.07) is 0. The molecule has 0 radical (unpaired) electrons. The van der Waals surface area contributed by atoms with Crippen molar-refractivity contribution in [1.29, 1.82) is 0 Å². The van der Waals surface area contributed by atoms with Crippen LogP contribution in [0.3, 0.4) is 0 Å². The Morgan fingerprint density at radius 2 is 1.90 bits per heavy atom. The van der Waals surface area contributed by atoms with Gasteiger partial charge in [0.2, 0.25) is 5.91 Å². The van der Waals surface area contributed by atoms with Crippen LogP contribution in [0.2, 0.25) is 0 Å². The summed E-state index contributed by atoms with van der Waals surface area (Å²) in [7, 11) is 0. The zero-order valence-electron chi connectivity index (χ0n) is 5.97. The molecular weight excluding hydrogens is 132 g/mol. The Kier molecular flexibility index (Phi) is 3.17. The van der Waals surface area contributed by atoms with E-state index < -0.39 is 5.91 Å². The number of rotatable bonds is 1. The Labute approximate surface area is 59.1 Å². The molecule has 0 aromatic carbocycles. The number of imide groups is 1. The number of hydrogen-bond donors (Lipinski definition) is 2. The summed E-state index contributed by atoms with van der Waals surface area (Å²) in [5.74, 6) is -0.832. The van der Waals surface area contributed by atoms with E-state index >= 15 is 0 Å². The SMILES string of the molecule is CC(=O)NC(=O)/C(C)=C\N. The van der Waals surface area contributed by atoms with E-state index in [0.717, 1.165) is 6.20 Å². The van der Waals surface area contributed by atoms with Crippen LogP contribution >= 0.6 is 0 Å². The van der Waals surface area contributed by atoms with Gasteiger partial charge in [0.1, 0.15) is 0 Å². The number of carbonyl (C=O) groups excluding carboxylic acids is 2. The first-order valence-electron chi connectivity index (χ1n) is 2.78. The average molecular weight is 142 g/mol. The second-order valence-corrected chi connectivity index (χ2v) is 1.86. The number of nitrogens with one attached hydrogen (secondary N) is 1. The van der Waals surface area contributed by atoms with Gasteiger partial charge in [-0.05, 0) is 6.92 Å². The predicted molar refractivity (Wildman–Crippen MR) is 36.8 cm³/mol. The quantitative estimate of drug-likeness (QED) is 0.485. The van der Waals surface area contributed by atoms with E-state index in [1.807, 2.05) is 0 Å². The van der Waals surface area contributed by atoms with Crippen molar-refractivity contribution < 1.29 is 9.59 Å². The van der Waals surface area contributed by atoms with Crippen LogP contribution in [0.15, 0.2) is 11.8 Å². The van der Waals surface area contributed by atoms with Crippen molar-refractivity contribution in [3.63, 3.8) is 0 Å². The number of nitrogens with two attached hydrogens (primary N) is 1. The smallest absolute Gasteiger partial charge is 0.254 e. The van der Waals surface area contributed by atoms with Gasteiger partial charge in [0.15, 0.2) is 0 Å². The molecular formula is C6H10N2O2. The average Bonchev–Trinajstić information content (AvgIpc) is 1.85. The molecule has 10 heavy (non-hydrogen) atoms. The van der Waals surface area contributed by atoms with Gasteiger partial charge in [0, 0.05) is 18.7 Å². The van der Waals surface area contributed by atoms with Crippen LogP contribution in [-0.2, 0) is 9.59 Å². The van der Waals surface area contributed by atoms with E-state index in [4.69, 9.17) is 5.73 Å². The number of hydrogen-bond acceptors (Lipinski definition) is 3. The third-order valence-corrected chi connectivity index (χ3v) is 0.898. The van der Waals surface area contributed by atoms with Crippen molar-refractivity contribution in [2.75, 3.05) is 0 Å². The highest BCUT2D eigenvalue weighted by Gasteiger charge is 2.03. The van der Waals surface area contributed by atoms with Crippen LogP contribution in [0, 0.1) is 0 Å². The molecule has 3 N–H and O–H groups in total. The molecule has 0 spiro atoms. The molecule has 0 unspecified atom stereocenters. The number of amides is 2. The first kappa shape index (κ1) is 8.68. The van der Waals surface area contributed by atoms with Crippen LogP contribution in [0.4, 0.5) is 0 Å². The van der Waals surface area contributed by atoms with E-state index in [1.165, 1.54) is 13.8 Å². The first-order valence-corrected chi connectivity index (χ1v) is 2.78. The Morgan fingerprint density at radius 1 is 1.40 bits per heavy atom. The first-order chi connectivity index (χ1) is 4.57. The Balaban J connectivity index is 3.99. The largest absolute Gasteiger partial charge is 0.404 e. The second kappa shape index (κ2) is 3.66. The summed E-state index contributed by atoms with van der Waals surface area (Å²) in [6.45, 7) is 2.79. The number of carbonyl (C=O) groups is 2. The van der Waals surface area contributed by atoms with Crippen molar-refractivity contribution in [3.8, 4) is 0 Å². The predicted octanol–water partition coefficient (Wildman–Crippen LogP) is -0.488. The molecule has 0 aliphatic carbocycles. The topological polar surface area (TPSA) is 72.2 Å². The van der Waals surface area contributed by atoms with E-state index in [1.54, 1.807) is 0 Å². The van der Waals surface area contributed by atoms with Crippen molar-refractivity contribution in [3.05, 3.63) is 11.8 Å². The van der Waals surface area contributed by atoms with E-state index in [9.17, 15) is 9.59 Å². The van der Waals surface area contributed by atoms with Crippen molar-refractivity contribution in [2.24, 2.45) is 5.73 Å². The summed E-state index contributed by atoms with van der Waals surface area (Å²) in [5.41, 5.74) is 5.34. The lowest BCUT2D eigenvalue weighted by molar-refractivity contribution is -0.127. The van der Waals surface area contributed by atoms with Crippen molar-refractivity contribution in [1.82, 2.24) is 5.32 Å². The van der Waals surface area contributed by atoms with Crippen molar-refractivity contribution >= 4 is 11.8 Å². The minimum atomic E-state index is -0.449. The van der Waals surface area contributed by atoms with Gasteiger partial charge in [-0.2, -0.15) is 0 Å². The third-order valence-electron chi connectivity index (χ3n) is 0.898. The molecule has 0 aliphatic heterocycles. The highest BCUT2D eigenvalue weighted by molar-refractivity contribution is 6.03. The van der Waals surface area contributed by atoms with Gasteiger partial charge in [0.25, 0.3) is 5.91 Å². The molecule has 4 heteroatoms. The third kappa shape index (κ3) is 2.86.